The number of fused-ring (bicyclic) bond motifs is 1. The Kier molecular flexibility index (Phi) is 6.68. The molecule has 2 aromatic rings. The molecule has 0 saturated heterocycles. The van der Waals surface area contributed by atoms with Gasteiger partial charge in [-0.2, -0.15) is 0 Å². The molecule has 0 aliphatic carbocycles. The average molecular weight is 369 g/mol. The number of benzene rings is 2. The molecule has 0 atom stereocenters. The number of aliphatic imine (C=N–C) groups is 1. The quantitative estimate of drug-likeness (QED) is 0.462. The molecule has 0 radical (unpaired) electrons. The van der Waals surface area contributed by atoms with E-state index in [1.165, 1.54) is 6.07 Å². The second-order valence-corrected chi connectivity index (χ2v) is 6.08. The third-order valence-corrected chi connectivity index (χ3v) is 4.03. The van der Waals surface area contributed by atoms with Crippen molar-refractivity contribution in [3.05, 3.63) is 66.5 Å². The van der Waals surface area contributed by atoms with Gasteiger partial charge in [0.05, 0.1) is 13.2 Å². The Morgan fingerprint density at radius 2 is 1.96 bits per heavy atom. The molecule has 5 nitrogen and oxygen atoms in total. The van der Waals surface area contributed by atoms with E-state index in [2.05, 4.69) is 22.2 Å². The molecule has 3 rings (SSSR count). The minimum absolute atomic E-state index is 0.204. The van der Waals surface area contributed by atoms with Gasteiger partial charge in [0.25, 0.3) is 0 Å². The number of nitrogens with zero attached hydrogens (tertiary/aromatic N) is 1. The first-order valence-electron chi connectivity index (χ1n) is 9.05. The van der Waals surface area contributed by atoms with E-state index in [1.54, 1.807) is 18.2 Å². The second-order valence-electron chi connectivity index (χ2n) is 6.08. The molecule has 2 N–H and O–H groups in total. The molecule has 0 unspecified atom stereocenters. The molecule has 1 aliphatic heterocycles. The molecule has 0 amide bonds. The number of guanidine groups is 1. The molecular weight excluding hydrogens is 345 g/mol. The summed E-state index contributed by atoms with van der Waals surface area (Å²) in [6.45, 7) is 6.03. The molecule has 2 aromatic carbocycles. The second kappa shape index (κ2) is 9.62. The van der Waals surface area contributed by atoms with E-state index in [9.17, 15) is 4.39 Å². The minimum atomic E-state index is -0.204. The standard InChI is InChI=1S/C21H24FN3O2/c1-2-11-23-21(24-12-10-16-6-3-4-7-18(16)22)25-17-8-9-19-20(15-17)27-14-5-13-26-19/h2-4,6-9,15H,1,5,10-14H2,(H2,23,24,25). The topological polar surface area (TPSA) is 54.9 Å². The van der Waals surface area contributed by atoms with E-state index in [0.29, 0.717) is 50.0 Å². The zero-order valence-electron chi connectivity index (χ0n) is 15.2. The van der Waals surface area contributed by atoms with Gasteiger partial charge in [-0.25, -0.2) is 4.39 Å². The third-order valence-electron chi connectivity index (χ3n) is 4.03. The molecule has 27 heavy (non-hydrogen) atoms. The first kappa shape index (κ1) is 18.8. The fourth-order valence-corrected chi connectivity index (χ4v) is 2.68. The normalized spacial score (nSPS) is 13.6. The molecule has 0 bridgehead atoms. The number of halogens is 1. The number of hydrogen-bond acceptors (Lipinski definition) is 3. The van der Waals surface area contributed by atoms with Crippen LogP contribution >= 0.6 is 0 Å². The number of anilines is 1. The highest BCUT2D eigenvalue weighted by atomic mass is 19.1. The van der Waals surface area contributed by atoms with Crippen LogP contribution in [0.2, 0.25) is 0 Å². The Bertz CT molecular complexity index is 808. The third kappa shape index (κ3) is 5.48. The molecule has 6 heteroatoms. The first-order valence-corrected chi connectivity index (χ1v) is 9.05. The highest BCUT2D eigenvalue weighted by molar-refractivity contribution is 5.94. The van der Waals surface area contributed by atoms with E-state index in [1.807, 2.05) is 24.3 Å². The summed E-state index contributed by atoms with van der Waals surface area (Å²) in [5.74, 6) is 1.85. The maximum Gasteiger partial charge on any atom is 0.196 e. The average Bonchev–Trinajstić information content (AvgIpc) is 2.92. The van der Waals surface area contributed by atoms with Crippen molar-refractivity contribution in [1.82, 2.24) is 5.32 Å². The van der Waals surface area contributed by atoms with E-state index < -0.39 is 0 Å². The molecule has 0 aromatic heterocycles. The highest BCUT2D eigenvalue weighted by Crippen LogP contribution is 2.32. The van der Waals surface area contributed by atoms with E-state index in [0.717, 1.165) is 17.9 Å². The van der Waals surface area contributed by atoms with Gasteiger partial charge in [0.1, 0.15) is 5.82 Å². The zero-order valence-corrected chi connectivity index (χ0v) is 15.2. The molecule has 0 saturated carbocycles. The summed E-state index contributed by atoms with van der Waals surface area (Å²) in [4.78, 5) is 4.53. The lowest BCUT2D eigenvalue weighted by molar-refractivity contribution is 0.297. The first-order chi connectivity index (χ1) is 13.3. The van der Waals surface area contributed by atoms with Gasteiger partial charge in [-0.05, 0) is 30.2 Å². The summed E-state index contributed by atoms with van der Waals surface area (Å²) in [6, 6.07) is 12.4. The molecule has 142 valence electrons. The van der Waals surface area contributed by atoms with Crippen molar-refractivity contribution in [3.8, 4) is 11.5 Å². The number of ether oxygens (including phenoxy) is 2. The van der Waals surface area contributed by atoms with Gasteiger partial charge >= 0.3 is 0 Å². The van der Waals surface area contributed by atoms with Crippen molar-refractivity contribution >= 4 is 11.6 Å². The maximum atomic E-state index is 13.7. The van der Waals surface area contributed by atoms with Gasteiger partial charge in [-0.15, -0.1) is 6.58 Å². The smallest absolute Gasteiger partial charge is 0.196 e. The summed E-state index contributed by atoms with van der Waals surface area (Å²) in [5.41, 5.74) is 1.49. The fourth-order valence-electron chi connectivity index (χ4n) is 2.68. The van der Waals surface area contributed by atoms with Crippen LogP contribution in [-0.2, 0) is 6.42 Å². The Morgan fingerprint density at radius 1 is 1.15 bits per heavy atom. The monoisotopic (exact) mass is 369 g/mol. The van der Waals surface area contributed by atoms with Crippen molar-refractivity contribution in [2.45, 2.75) is 12.8 Å². The molecule has 1 heterocycles. The number of rotatable bonds is 6. The fraction of sp³-hybridized carbons (Fsp3) is 0.286. The minimum Gasteiger partial charge on any atom is -0.490 e. The predicted octanol–water partition coefficient (Wildman–Crippen LogP) is 3.77. The van der Waals surface area contributed by atoms with Gasteiger partial charge < -0.3 is 20.1 Å². The summed E-state index contributed by atoms with van der Waals surface area (Å²) in [5, 5.41) is 6.41. The predicted molar refractivity (Wildman–Crippen MR) is 106 cm³/mol. The molecule has 1 aliphatic rings. The van der Waals surface area contributed by atoms with Crippen LogP contribution in [0.25, 0.3) is 0 Å². The van der Waals surface area contributed by atoms with Crippen LogP contribution in [0.15, 0.2) is 60.1 Å². The maximum absolute atomic E-state index is 13.7. The van der Waals surface area contributed by atoms with Crippen molar-refractivity contribution in [3.63, 3.8) is 0 Å². The summed E-state index contributed by atoms with van der Waals surface area (Å²) in [6.07, 6.45) is 3.14. The summed E-state index contributed by atoms with van der Waals surface area (Å²) >= 11 is 0. The SMILES string of the molecule is C=CCNC(=NCCc1ccccc1F)Nc1ccc2c(c1)OCCCO2. The van der Waals surface area contributed by atoms with Crippen LogP contribution < -0.4 is 20.1 Å². The zero-order chi connectivity index (χ0) is 18.9. The van der Waals surface area contributed by atoms with Crippen molar-refractivity contribution in [2.24, 2.45) is 4.99 Å². The number of nitrogens with one attached hydrogen (secondary N) is 2. The van der Waals surface area contributed by atoms with Crippen LogP contribution in [-0.4, -0.2) is 32.3 Å². The van der Waals surface area contributed by atoms with E-state index in [4.69, 9.17) is 9.47 Å². The summed E-state index contributed by atoms with van der Waals surface area (Å²) < 4.78 is 25.1. The lowest BCUT2D eigenvalue weighted by Gasteiger charge is -2.14. The Hall–Kier alpha value is -3.02. The van der Waals surface area contributed by atoms with Gasteiger partial charge in [0.15, 0.2) is 17.5 Å². The van der Waals surface area contributed by atoms with Crippen molar-refractivity contribution < 1.29 is 13.9 Å². The largest absolute Gasteiger partial charge is 0.490 e. The van der Waals surface area contributed by atoms with Crippen LogP contribution in [0.1, 0.15) is 12.0 Å². The van der Waals surface area contributed by atoms with Crippen molar-refractivity contribution in [1.29, 1.82) is 0 Å². The van der Waals surface area contributed by atoms with Crippen LogP contribution in [0.5, 0.6) is 11.5 Å². The van der Waals surface area contributed by atoms with E-state index >= 15 is 0 Å². The van der Waals surface area contributed by atoms with Gasteiger partial charge in [0, 0.05) is 31.3 Å². The van der Waals surface area contributed by atoms with Crippen LogP contribution in [0.3, 0.4) is 0 Å². The lowest BCUT2D eigenvalue weighted by atomic mass is 10.1. The van der Waals surface area contributed by atoms with Crippen molar-refractivity contribution in [2.75, 3.05) is 31.6 Å². The molecule has 0 spiro atoms. The summed E-state index contributed by atoms with van der Waals surface area (Å²) in [7, 11) is 0. The van der Waals surface area contributed by atoms with Gasteiger partial charge in [-0.1, -0.05) is 24.3 Å². The lowest BCUT2D eigenvalue weighted by Crippen LogP contribution is -2.31. The van der Waals surface area contributed by atoms with E-state index in [-0.39, 0.29) is 5.82 Å². The Balaban J connectivity index is 1.68. The molecule has 0 fully saturated rings. The van der Waals surface area contributed by atoms with Crippen LogP contribution in [0, 0.1) is 5.82 Å². The Labute approximate surface area is 158 Å². The molecular formula is C21H24FN3O2. The number of hydrogen-bond donors (Lipinski definition) is 2. The van der Waals surface area contributed by atoms with Gasteiger partial charge in [0.2, 0.25) is 0 Å². The highest BCUT2D eigenvalue weighted by Gasteiger charge is 2.11. The van der Waals surface area contributed by atoms with Crippen LogP contribution in [0.4, 0.5) is 10.1 Å². The van der Waals surface area contributed by atoms with Gasteiger partial charge in [-0.3, -0.25) is 4.99 Å². The Morgan fingerprint density at radius 3 is 2.78 bits per heavy atom.